The van der Waals surface area contributed by atoms with Gasteiger partial charge in [0.15, 0.2) is 5.65 Å². The zero-order chi connectivity index (χ0) is 21.4. The number of aromatic nitrogens is 3. The minimum atomic E-state index is -0.549. The molecule has 154 valence electrons. The molecule has 0 aliphatic carbocycles. The van der Waals surface area contributed by atoms with Gasteiger partial charge in [0.25, 0.3) is 0 Å². The van der Waals surface area contributed by atoms with E-state index in [9.17, 15) is 4.39 Å². The van der Waals surface area contributed by atoms with Gasteiger partial charge in [-0.25, -0.2) is 14.4 Å². The lowest BCUT2D eigenvalue weighted by Gasteiger charge is -2.28. The summed E-state index contributed by atoms with van der Waals surface area (Å²) in [5.74, 6) is 0.0669. The van der Waals surface area contributed by atoms with Gasteiger partial charge >= 0.3 is 0 Å². The van der Waals surface area contributed by atoms with Gasteiger partial charge in [0.2, 0.25) is 0 Å². The number of rotatable bonds is 3. The third kappa shape index (κ3) is 3.32. The third-order valence-electron chi connectivity index (χ3n) is 5.93. The summed E-state index contributed by atoms with van der Waals surface area (Å²) in [5, 5.41) is 9.12. The Bertz CT molecular complexity index is 1310. The minimum Gasteiger partial charge on any atom is -0.370 e. The highest BCUT2D eigenvalue weighted by Gasteiger charge is 2.22. The molecule has 0 N–H and O–H groups in total. The van der Waals surface area contributed by atoms with Crippen molar-refractivity contribution in [3.63, 3.8) is 0 Å². The molecule has 6 heteroatoms. The van der Waals surface area contributed by atoms with Gasteiger partial charge in [-0.1, -0.05) is 18.2 Å². The molecule has 0 saturated carbocycles. The van der Waals surface area contributed by atoms with E-state index in [-0.39, 0.29) is 5.56 Å². The fourth-order valence-corrected chi connectivity index (χ4v) is 4.33. The van der Waals surface area contributed by atoms with Crippen LogP contribution in [0.3, 0.4) is 0 Å². The highest BCUT2D eigenvalue weighted by Crippen LogP contribution is 2.34. The Morgan fingerprint density at radius 2 is 1.81 bits per heavy atom. The number of nitriles is 1. The molecule has 0 unspecified atom stereocenters. The molecule has 2 aromatic heterocycles. The van der Waals surface area contributed by atoms with Gasteiger partial charge in [-0.15, -0.1) is 0 Å². The number of para-hydroxylation sites is 1. The van der Waals surface area contributed by atoms with Gasteiger partial charge in [-0.05, 0) is 62.1 Å². The van der Waals surface area contributed by atoms with Crippen LogP contribution in [0, 0.1) is 24.1 Å². The molecule has 4 aromatic rings. The van der Waals surface area contributed by atoms with E-state index in [2.05, 4.69) is 9.88 Å². The highest BCUT2D eigenvalue weighted by atomic mass is 19.1. The van der Waals surface area contributed by atoms with Gasteiger partial charge in [0, 0.05) is 24.8 Å². The molecule has 3 heterocycles. The first-order chi connectivity index (χ1) is 15.2. The van der Waals surface area contributed by atoms with Crippen LogP contribution in [0.5, 0.6) is 0 Å². The molecule has 0 atom stereocenters. The molecule has 5 rings (SSSR count). The number of piperidine rings is 1. The van der Waals surface area contributed by atoms with Crippen LogP contribution < -0.4 is 4.90 Å². The molecule has 1 saturated heterocycles. The van der Waals surface area contributed by atoms with Crippen molar-refractivity contribution in [2.75, 3.05) is 18.0 Å². The second kappa shape index (κ2) is 7.84. The number of hydrogen-bond donors (Lipinski definition) is 0. The first-order valence-electron chi connectivity index (χ1n) is 10.6. The summed E-state index contributed by atoms with van der Waals surface area (Å²) in [4.78, 5) is 12.0. The van der Waals surface area contributed by atoms with Crippen molar-refractivity contribution < 1.29 is 4.39 Å². The Morgan fingerprint density at radius 3 is 2.55 bits per heavy atom. The van der Waals surface area contributed by atoms with E-state index >= 15 is 0 Å². The standard InChI is InChI=1S/C25H22FN5/c1-17-7-3-4-8-21(17)31-24(18-9-10-19(16-27)20(26)15-18)29-23-22(11-12-28-25(23)31)30-13-5-2-6-14-30/h3-4,7-12,15H,2,5-6,13-14H2,1H3. The lowest BCUT2D eigenvalue weighted by atomic mass is 10.1. The highest BCUT2D eigenvalue weighted by molar-refractivity contribution is 5.90. The van der Waals surface area contributed by atoms with E-state index in [1.165, 1.54) is 18.6 Å². The summed E-state index contributed by atoms with van der Waals surface area (Å²) in [6.07, 6.45) is 5.40. The van der Waals surface area contributed by atoms with Gasteiger partial charge in [0.05, 0.1) is 16.9 Å². The number of anilines is 1. The molecule has 1 aliphatic heterocycles. The van der Waals surface area contributed by atoms with Crippen molar-refractivity contribution >= 4 is 16.9 Å². The van der Waals surface area contributed by atoms with E-state index in [1.807, 2.05) is 54.1 Å². The first kappa shape index (κ1) is 19.3. The molecule has 31 heavy (non-hydrogen) atoms. The van der Waals surface area contributed by atoms with Gasteiger partial charge < -0.3 is 4.90 Å². The Balaban J connectivity index is 1.79. The lowest BCUT2D eigenvalue weighted by molar-refractivity contribution is 0.578. The van der Waals surface area contributed by atoms with E-state index < -0.39 is 5.82 Å². The van der Waals surface area contributed by atoms with E-state index in [0.29, 0.717) is 11.4 Å². The third-order valence-corrected chi connectivity index (χ3v) is 5.93. The molecular formula is C25H22FN5. The summed E-state index contributed by atoms with van der Waals surface area (Å²) in [7, 11) is 0. The fourth-order valence-electron chi connectivity index (χ4n) is 4.33. The molecule has 1 aliphatic rings. The predicted molar refractivity (Wildman–Crippen MR) is 120 cm³/mol. The number of imidazole rings is 1. The maximum Gasteiger partial charge on any atom is 0.167 e. The van der Waals surface area contributed by atoms with Crippen molar-refractivity contribution in [1.29, 1.82) is 5.26 Å². The second-order valence-corrected chi connectivity index (χ2v) is 7.91. The Labute approximate surface area is 180 Å². The molecule has 0 spiro atoms. The van der Waals surface area contributed by atoms with Crippen LogP contribution in [0.1, 0.15) is 30.4 Å². The van der Waals surface area contributed by atoms with Crippen LogP contribution in [0.4, 0.5) is 10.1 Å². The maximum absolute atomic E-state index is 14.5. The number of benzene rings is 2. The number of pyridine rings is 1. The number of fused-ring (bicyclic) bond motifs is 1. The van der Waals surface area contributed by atoms with Crippen molar-refractivity contribution in [2.45, 2.75) is 26.2 Å². The predicted octanol–water partition coefficient (Wildman–Crippen LogP) is 5.40. The zero-order valence-corrected chi connectivity index (χ0v) is 17.3. The van der Waals surface area contributed by atoms with Crippen molar-refractivity contribution in [3.8, 4) is 23.1 Å². The largest absolute Gasteiger partial charge is 0.370 e. The van der Waals surface area contributed by atoms with Gasteiger partial charge in [-0.2, -0.15) is 5.26 Å². The average Bonchev–Trinajstić information content (AvgIpc) is 3.19. The summed E-state index contributed by atoms with van der Waals surface area (Å²) < 4.78 is 16.5. The molecule has 0 bridgehead atoms. The Kier molecular flexibility index (Phi) is 4.87. The Hall–Kier alpha value is -3.72. The SMILES string of the molecule is Cc1ccccc1-n1c(-c2ccc(C#N)c(F)c2)nc2c(N3CCCCC3)ccnc21. The number of aryl methyl sites for hydroxylation is 1. The van der Waals surface area contributed by atoms with Crippen molar-refractivity contribution in [2.24, 2.45) is 0 Å². The molecule has 0 radical (unpaired) electrons. The van der Waals surface area contributed by atoms with E-state index in [1.54, 1.807) is 6.07 Å². The minimum absolute atomic E-state index is 0.0226. The first-order valence-corrected chi connectivity index (χ1v) is 10.6. The Morgan fingerprint density at radius 1 is 1.00 bits per heavy atom. The van der Waals surface area contributed by atoms with Crippen LogP contribution in [0.2, 0.25) is 0 Å². The van der Waals surface area contributed by atoms with Crippen LogP contribution in [0.15, 0.2) is 54.7 Å². The quantitative estimate of drug-likeness (QED) is 0.453. The molecule has 5 nitrogen and oxygen atoms in total. The summed E-state index contributed by atoms with van der Waals surface area (Å²) >= 11 is 0. The zero-order valence-electron chi connectivity index (χ0n) is 17.3. The molecular weight excluding hydrogens is 389 g/mol. The van der Waals surface area contributed by atoms with Crippen LogP contribution in [-0.2, 0) is 0 Å². The number of nitrogens with zero attached hydrogens (tertiary/aromatic N) is 5. The van der Waals surface area contributed by atoms with Crippen LogP contribution >= 0.6 is 0 Å². The second-order valence-electron chi connectivity index (χ2n) is 7.91. The normalized spacial score (nSPS) is 14.0. The van der Waals surface area contributed by atoms with E-state index in [4.69, 9.17) is 10.2 Å². The van der Waals surface area contributed by atoms with Crippen LogP contribution in [0.25, 0.3) is 28.2 Å². The topological polar surface area (TPSA) is 57.7 Å². The van der Waals surface area contributed by atoms with Crippen molar-refractivity contribution in [3.05, 3.63) is 71.7 Å². The monoisotopic (exact) mass is 411 g/mol. The summed E-state index contributed by atoms with van der Waals surface area (Å²) in [6, 6.07) is 16.6. The fraction of sp³-hybridized carbons (Fsp3) is 0.240. The number of halogens is 1. The van der Waals surface area contributed by atoms with Crippen LogP contribution in [-0.4, -0.2) is 27.6 Å². The van der Waals surface area contributed by atoms with Gasteiger partial charge in [-0.3, -0.25) is 4.57 Å². The van der Waals surface area contributed by atoms with Gasteiger partial charge in [0.1, 0.15) is 23.2 Å². The van der Waals surface area contributed by atoms with E-state index in [0.717, 1.165) is 54.0 Å². The lowest BCUT2D eigenvalue weighted by Crippen LogP contribution is -2.29. The molecule has 2 aromatic carbocycles. The summed E-state index contributed by atoms with van der Waals surface area (Å²) in [5.41, 5.74) is 5.28. The summed E-state index contributed by atoms with van der Waals surface area (Å²) in [6.45, 7) is 4.03. The van der Waals surface area contributed by atoms with Crippen molar-refractivity contribution in [1.82, 2.24) is 14.5 Å². The average molecular weight is 411 g/mol. The molecule has 0 amide bonds. The maximum atomic E-state index is 14.5. The molecule has 1 fully saturated rings. The smallest absolute Gasteiger partial charge is 0.167 e. The number of hydrogen-bond acceptors (Lipinski definition) is 4.